The Hall–Kier alpha value is -5.30. The number of hydrogen-bond acceptors (Lipinski definition) is 10. The summed E-state index contributed by atoms with van der Waals surface area (Å²) in [6.07, 6.45) is 0.660. The van der Waals surface area contributed by atoms with Crippen LogP contribution in [0, 0.1) is 21.4 Å². The van der Waals surface area contributed by atoms with Gasteiger partial charge in [-0.2, -0.15) is 14.7 Å². The Morgan fingerprint density at radius 2 is 1.78 bits per heavy atom. The molecule has 0 bridgehead atoms. The number of amides is 1. The van der Waals surface area contributed by atoms with Gasteiger partial charge in [-0.3, -0.25) is 19.8 Å². The van der Waals surface area contributed by atoms with Crippen LogP contribution in [0.4, 0.5) is 11.4 Å². The minimum atomic E-state index is -4.08. The molecule has 2 aliphatic heterocycles. The normalized spacial score (nSPS) is 17.1. The lowest BCUT2D eigenvalue weighted by Crippen LogP contribution is -2.50. The third kappa shape index (κ3) is 5.69. The van der Waals surface area contributed by atoms with E-state index < -0.39 is 26.5 Å². The zero-order valence-corrected chi connectivity index (χ0v) is 24.7. The van der Waals surface area contributed by atoms with Gasteiger partial charge in [-0.05, 0) is 55.0 Å². The van der Waals surface area contributed by atoms with E-state index in [0.717, 1.165) is 0 Å². The highest BCUT2D eigenvalue weighted by molar-refractivity contribution is 7.89. The largest absolute Gasteiger partial charge is 0.457 e. The second kappa shape index (κ2) is 12.0. The van der Waals surface area contributed by atoms with Gasteiger partial charge in [0.05, 0.1) is 34.0 Å². The van der Waals surface area contributed by atoms with Crippen molar-refractivity contribution < 1.29 is 22.9 Å². The van der Waals surface area contributed by atoms with Crippen molar-refractivity contribution in [3.63, 3.8) is 0 Å². The minimum Gasteiger partial charge on any atom is -0.457 e. The number of sulfonamides is 1. The van der Waals surface area contributed by atoms with Crippen molar-refractivity contribution >= 4 is 27.3 Å². The molecule has 0 unspecified atom stereocenters. The van der Waals surface area contributed by atoms with Gasteiger partial charge in [0.2, 0.25) is 10.0 Å². The Bertz CT molecular complexity index is 1930. The van der Waals surface area contributed by atoms with E-state index in [1.54, 1.807) is 48.5 Å². The summed E-state index contributed by atoms with van der Waals surface area (Å²) in [5.41, 5.74) is 7.78. The first-order chi connectivity index (χ1) is 21.7. The first kappa shape index (κ1) is 29.8. The highest BCUT2D eigenvalue weighted by atomic mass is 32.2. The number of benzene rings is 3. The minimum absolute atomic E-state index is 0.135. The molecule has 0 spiro atoms. The third-order valence-electron chi connectivity index (χ3n) is 7.85. The maximum absolute atomic E-state index is 13.3. The number of primary amides is 1. The van der Waals surface area contributed by atoms with E-state index in [-0.39, 0.29) is 29.7 Å². The second-order valence-corrected chi connectivity index (χ2v) is 12.4. The number of nitrogens with zero attached hydrogens (tertiary/aromatic N) is 6. The Balaban J connectivity index is 1.23. The van der Waals surface area contributed by atoms with Crippen molar-refractivity contribution in [2.24, 2.45) is 5.73 Å². The molecule has 0 saturated carbocycles. The molecule has 2 aliphatic rings. The summed E-state index contributed by atoms with van der Waals surface area (Å²) in [7, 11) is -4.08. The number of aromatic nitrogens is 2. The topological polar surface area (TPSA) is 190 Å². The lowest BCUT2D eigenvalue weighted by Gasteiger charge is -2.39. The van der Waals surface area contributed by atoms with Gasteiger partial charge in [0, 0.05) is 38.8 Å². The van der Waals surface area contributed by atoms with Crippen LogP contribution in [0.25, 0.3) is 5.69 Å². The van der Waals surface area contributed by atoms with Crippen LogP contribution in [-0.4, -0.2) is 71.0 Å². The fourth-order valence-corrected chi connectivity index (χ4v) is 7.30. The van der Waals surface area contributed by atoms with E-state index in [0.29, 0.717) is 60.2 Å². The van der Waals surface area contributed by atoms with Crippen LogP contribution in [0.3, 0.4) is 0 Å². The molecule has 3 N–H and O–H groups in total. The summed E-state index contributed by atoms with van der Waals surface area (Å²) in [5, 5.41) is 28.7. The molecule has 4 aromatic rings. The second-order valence-electron chi connectivity index (χ2n) is 10.5. The van der Waals surface area contributed by atoms with Gasteiger partial charge in [0.25, 0.3) is 11.6 Å². The van der Waals surface area contributed by atoms with Crippen molar-refractivity contribution in [1.29, 1.82) is 5.26 Å². The van der Waals surface area contributed by atoms with E-state index in [4.69, 9.17) is 20.8 Å². The van der Waals surface area contributed by atoms with Crippen molar-refractivity contribution in [2.75, 3.05) is 38.0 Å². The number of hydrogen-bond donors (Lipinski definition) is 2. The predicted molar refractivity (Wildman–Crippen MR) is 163 cm³/mol. The lowest BCUT2D eigenvalue weighted by molar-refractivity contribution is -0.387. The number of nitro benzene ring substituents is 1. The zero-order valence-electron chi connectivity index (χ0n) is 23.9. The van der Waals surface area contributed by atoms with Gasteiger partial charge >= 0.3 is 0 Å². The average Bonchev–Trinajstić information content (AvgIpc) is 3.45. The highest BCUT2D eigenvalue weighted by Gasteiger charge is 2.38. The first-order valence-electron chi connectivity index (χ1n) is 14.1. The van der Waals surface area contributed by atoms with Crippen LogP contribution in [0.2, 0.25) is 0 Å². The molecule has 1 aromatic heterocycles. The zero-order chi connectivity index (χ0) is 31.7. The van der Waals surface area contributed by atoms with E-state index in [1.165, 1.54) is 33.3 Å². The Morgan fingerprint density at radius 1 is 1.04 bits per heavy atom. The number of piperazine rings is 1. The number of carbonyl (C=O) groups excluding carboxylic acids is 1. The molecule has 6 rings (SSSR count). The van der Waals surface area contributed by atoms with Gasteiger partial charge in [0.1, 0.15) is 17.2 Å². The molecule has 0 radical (unpaired) electrons. The number of nitrogens with two attached hydrogens (primary N) is 1. The summed E-state index contributed by atoms with van der Waals surface area (Å²) >= 11 is 0. The van der Waals surface area contributed by atoms with Crippen molar-refractivity contribution in [1.82, 2.24) is 19.0 Å². The molecule has 3 heterocycles. The molecule has 14 nitrogen and oxygen atoms in total. The molecule has 230 valence electrons. The van der Waals surface area contributed by atoms with Crippen LogP contribution >= 0.6 is 0 Å². The SMILES string of the molecule is N#Cc1cccc(Oc2ccc(-n3nc4c(c3C(N)=O)NCC[C@H]4N3CCN(S(=O)(=O)c4ccccc4[N+](=O)[O-])CC3)cc2)c1. The van der Waals surface area contributed by atoms with E-state index in [1.807, 2.05) is 0 Å². The third-order valence-corrected chi connectivity index (χ3v) is 9.80. The number of anilines is 1. The number of nitrogens with one attached hydrogen (secondary N) is 1. The van der Waals surface area contributed by atoms with Gasteiger partial charge in [-0.1, -0.05) is 18.2 Å². The average molecular weight is 629 g/mol. The smallest absolute Gasteiger partial charge is 0.289 e. The highest BCUT2D eigenvalue weighted by Crippen LogP contribution is 2.38. The molecule has 1 atom stereocenters. The number of ether oxygens (including phenoxy) is 1. The first-order valence-corrected chi connectivity index (χ1v) is 15.5. The monoisotopic (exact) mass is 628 g/mol. The molecule has 1 amide bonds. The summed E-state index contributed by atoms with van der Waals surface area (Å²) in [6, 6.07) is 20.9. The maximum atomic E-state index is 13.3. The number of para-hydroxylation sites is 1. The number of fused-ring (bicyclic) bond motifs is 1. The van der Waals surface area contributed by atoms with Gasteiger partial charge in [-0.15, -0.1) is 0 Å². The molecular formula is C30H28N8O6S. The number of rotatable bonds is 8. The van der Waals surface area contributed by atoms with Gasteiger partial charge in [-0.25, -0.2) is 13.1 Å². The van der Waals surface area contributed by atoms with Crippen LogP contribution in [0.1, 0.15) is 34.2 Å². The van der Waals surface area contributed by atoms with Gasteiger partial charge < -0.3 is 15.8 Å². The summed E-state index contributed by atoms with van der Waals surface area (Å²) in [5.74, 6) is 0.373. The Kier molecular flexibility index (Phi) is 7.94. The quantitative estimate of drug-likeness (QED) is 0.216. The molecule has 1 saturated heterocycles. The van der Waals surface area contributed by atoms with Crippen LogP contribution in [-0.2, 0) is 10.0 Å². The van der Waals surface area contributed by atoms with Crippen LogP contribution in [0.5, 0.6) is 11.5 Å². The van der Waals surface area contributed by atoms with Crippen molar-refractivity contribution in [3.05, 3.63) is 99.9 Å². The number of nitriles is 1. The predicted octanol–water partition coefficient (Wildman–Crippen LogP) is 3.41. The van der Waals surface area contributed by atoms with E-state index >= 15 is 0 Å². The fraction of sp³-hybridized carbons (Fsp3) is 0.233. The molecule has 15 heteroatoms. The molecular weight excluding hydrogens is 600 g/mol. The van der Waals surface area contributed by atoms with Crippen LogP contribution in [0.15, 0.2) is 77.7 Å². The molecule has 1 fully saturated rings. The fourth-order valence-electron chi connectivity index (χ4n) is 5.72. The summed E-state index contributed by atoms with van der Waals surface area (Å²) in [6.45, 7) is 1.54. The Morgan fingerprint density at radius 3 is 2.47 bits per heavy atom. The molecule has 45 heavy (non-hydrogen) atoms. The molecule has 0 aliphatic carbocycles. The summed E-state index contributed by atoms with van der Waals surface area (Å²) < 4.78 is 35.3. The molecule has 3 aromatic carbocycles. The van der Waals surface area contributed by atoms with Crippen molar-refractivity contribution in [3.8, 4) is 23.3 Å². The summed E-state index contributed by atoms with van der Waals surface area (Å²) in [4.78, 5) is 25.2. The maximum Gasteiger partial charge on any atom is 0.289 e. The number of nitro groups is 1. The van der Waals surface area contributed by atoms with E-state index in [2.05, 4.69) is 16.3 Å². The number of carbonyl (C=O) groups is 1. The van der Waals surface area contributed by atoms with Crippen LogP contribution < -0.4 is 15.8 Å². The Labute approximate surface area is 258 Å². The van der Waals surface area contributed by atoms with Gasteiger partial charge in [0.15, 0.2) is 10.6 Å². The standard InChI is InChI=1S/C30H28N8O6S/c31-19-20-4-3-5-23(18-20)44-22-10-8-21(9-11-22)37-29(30(32)39)28-27(34-37)25(12-13-33-28)35-14-16-36(17-15-35)45(42,43)26-7-2-1-6-24(26)38(40)41/h1-11,18,25,33H,12-17H2,(H2,32,39)/t25-/m1/s1. The van der Waals surface area contributed by atoms with Crippen molar-refractivity contribution in [2.45, 2.75) is 17.4 Å². The lowest BCUT2D eigenvalue weighted by atomic mass is 10.0. The van der Waals surface area contributed by atoms with E-state index in [9.17, 15) is 23.3 Å².